The SMILES string of the molecule is NS(=O)(=O)c1cccc(CNC(=O)CN2CCNCC2)c1. The topological polar surface area (TPSA) is 105 Å². The van der Waals surface area contributed by atoms with E-state index in [0.29, 0.717) is 12.1 Å². The molecule has 7 nitrogen and oxygen atoms in total. The summed E-state index contributed by atoms with van der Waals surface area (Å²) in [6.45, 7) is 4.14. The molecule has 8 heteroatoms. The van der Waals surface area contributed by atoms with Crippen molar-refractivity contribution in [3.63, 3.8) is 0 Å². The van der Waals surface area contributed by atoms with Gasteiger partial charge in [0.2, 0.25) is 15.9 Å². The molecule has 0 aliphatic carbocycles. The van der Waals surface area contributed by atoms with Crippen LogP contribution in [0.5, 0.6) is 0 Å². The van der Waals surface area contributed by atoms with E-state index in [1.807, 2.05) is 0 Å². The van der Waals surface area contributed by atoms with Crippen LogP contribution in [0.25, 0.3) is 0 Å². The normalized spacial score (nSPS) is 16.6. The Labute approximate surface area is 124 Å². The molecule has 1 aliphatic rings. The molecule has 0 spiro atoms. The molecule has 1 fully saturated rings. The maximum absolute atomic E-state index is 11.9. The van der Waals surface area contributed by atoms with Crippen molar-refractivity contribution >= 4 is 15.9 Å². The van der Waals surface area contributed by atoms with E-state index in [-0.39, 0.29) is 17.3 Å². The number of carbonyl (C=O) groups excluding carboxylic acids is 1. The summed E-state index contributed by atoms with van der Waals surface area (Å²) in [5, 5.41) is 11.1. The maximum atomic E-state index is 11.9. The minimum absolute atomic E-state index is 0.0522. The van der Waals surface area contributed by atoms with Crippen LogP contribution in [0.15, 0.2) is 29.2 Å². The summed E-state index contributed by atoms with van der Waals surface area (Å²) in [6, 6.07) is 6.26. The minimum Gasteiger partial charge on any atom is -0.351 e. The van der Waals surface area contributed by atoms with Crippen molar-refractivity contribution < 1.29 is 13.2 Å². The lowest BCUT2D eigenvalue weighted by Gasteiger charge is -2.26. The fourth-order valence-corrected chi connectivity index (χ4v) is 2.75. The van der Waals surface area contributed by atoms with Gasteiger partial charge in [0.1, 0.15) is 0 Å². The van der Waals surface area contributed by atoms with Gasteiger partial charge in [-0.25, -0.2) is 13.6 Å². The third kappa shape index (κ3) is 5.09. The first-order chi connectivity index (χ1) is 9.95. The first-order valence-electron chi connectivity index (χ1n) is 6.77. The molecule has 4 N–H and O–H groups in total. The fraction of sp³-hybridized carbons (Fsp3) is 0.462. The predicted octanol–water partition coefficient (Wildman–Crippen LogP) is -1.14. The van der Waals surface area contributed by atoms with Crippen LogP contribution in [-0.4, -0.2) is 51.9 Å². The van der Waals surface area contributed by atoms with Gasteiger partial charge >= 0.3 is 0 Å². The second kappa shape index (κ2) is 6.99. The highest BCUT2D eigenvalue weighted by Gasteiger charge is 2.13. The van der Waals surface area contributed by atoms with Gasteiger partial charge in [-0.15, -0.1) is 0 Å². The van der Waals surface area contributed by atoms with E-state index < -0.39 is 10.0 Å². The molecular weight excluding hydrogens is 292 g/mol. The molecule has 0 aromatic heterocycles. The van der Waals surface area contributed by atoms with Crippen molar-refractivity contribution in [2.24, 2.45) is 5.14 Å². The second-order valence-electron chi connectivity index (χ2n) is 5.00. The van der Waals surface area contributed by atoms with E-state index in [0.717, 1.165) is 26.2 Å². The highest BCUT2D eigenvalue weighted by Crippen LogP contribution is 2.09. The van der Waals surface area contributed by atoms with Crippen LogP contribution in [0.4, 0.5) is 0 Å². The Kier molecular flexibility index (Phi) is 5.29. The number of primary sulfonamides is 1. The third-order valence-electron chi connectivity index (χ3n) is 3.29. The van der Waals surface area contributed by atoms with Gasteiger partial charge in [0, 0.05) is 32.7 Å². The Bertz CT molecular complexity index is 597. The lowest BCUT2D eigenvalue weighted by molar-refractivity contribution is -0.122. The molecule has 1 amide bonds. The molecule has 1 aliphatic heterocycles. The van der Waals surface area contributed by atoms with Crippen molar-refractivity contribution in [3.8, 4) is 0 Å². The van der Waals surface area contributed by atoms with Gasteiger partial charge in [0.05, 0.1) is 11.4 Å². The summed E-state index contributed by atoms with van der Waals surface area (Å²) in [7, 11) is -3.71. The minimum atomic E-state index is -3.71. The van der Waals surface area contributed by atoms with Crippen LogP contribution >= 0.6 is 0 Å². The summed E-state index contributed by atoms with van der Waals surface area (Å²) in [4.78, 5) is 14.0. The standard InChI is InChI=1S/C13H20N4O3S/c14-21(19,20)12-3-1-2-11(8-12)9-16-13(18)10-17-6-4-15-5-7-17/h1-3,8,15H,4-7,9-10H2,(H,16,18)(H2,14,19,20). The van der Waals surface area contributed by atoms with Gasteiger partial charge in [-0.2, -0.15) is 0 Å². The van der Waals surface area contributed by atoms with Gasteiger partial charge in [-0.1, -0.05) is 12.1 Å². The number of nitrogens with zero attached hydrogens (tertiary/aromatic N) is 1. The molecular formula is C13H20N4O3S. The molecule has 0 unspecified atom stereocenters. The van der Waals surface area contributed by atoms with Crippen molar-refractivity contribution in [2.75, 3.05) is 32.7 Å². The van der Waals surface area contributed by atoms with E-state index in [4.69, 9.17) is 5.14 Å². The number of nitrogens with one attached hydrogen (secondary N) is 2. The van der Waals surface area contributed by atoms with Crippen molar-refractivity contribution in [2.45, 2.75) is 11.4 Å². The number of hydrogen-bond donors (Lipinski definition) is 3. The average molecular weight is 312 g/mol. The number of amides is 1. The molecule has 1 saturated heterocycles. The zero-order chi connectivity index (χ0) is 15.3. The summed E-state index contributed by atoms with van der Waals surface area (Å²) in [6.07, 6.45) is 0. The number of hydrogen-bond acceptors (Lipinski definition) is 5. The van der Waals surface area contributed by atoms with Gasteiger partial charge in [-0.05, 0) is 17.7 Å². The second-order valence-corrected chi connectivity index (χ2v) is 6.56. The molecule has 2 rings (SSSR count). The smallest absolute Gasteiger partial charge is 0.238 e. The van der Waals surface area contributed by atoms with E-state index >= 15 is 0 Å². The first-order valence-corrected chi connectivity index (χ1v) is 8.31. The lowest BCUT2D eigenvalue weighted by atomic mass is 10.2. The lowest BCUT2D eigenvalue weighted by Crippen LogP contribution is -2.47. The van der Waals surface area contributed by atoms with Crippen LogP contribution in [0.2, 0.25) is 0 Å². The molecule has 0 radical (unpaired) electrons. The number of piperazine rings is 1. The average Bonchev–Trinajstić information content (AvgIpc) is 2.46. The van der Waals surface area contributed by atoms with Crippen LogP contribution in [-0.2, 0) is 21.4 Å². The first kappa shape index (κ1) is 15.9. The number of carbonyl (C=O) groups is 1. The quantitative estimate of drug-likeness (QED) is 0.637. The van der Waals surface area contributed by atoms with Crippen LogP contribution in [0.1, 0.15) is 5.56 Å². The van der Waals surface area contributed by atoms with Gasteiger partial charge in [0.25, 0.3) is 0 Å². The molecule has 116 valence electrons. The van der Waals surface area contributed by atoms with E-state index in [2.05, 4.69) is 15.5 Å². The number of rotatable bonds is 5. The Morgan fingerprint density at radius 3 is 2.71 bits per heavy atom. The predicted molar refractivity (Wildman–Crippen MR) is 79.0 cm³/mol. The molecule has 1 aromatic carbocycles. The number of benzene rings is 1. The molecule has 0 bridgehead atoms. The van der Waals surface area contributed by atoms with Crippen LogP contribution in [0.3, 0.4) is 0 Å². The summed E-state index contributed by atoms with van der Waals surface area (Å²) in [5.74, 6) is -0.0714. The van der Waals surface area contributed by atoms with Crippen molar-refractivity contribution in [1.82, 2.24) is 15.5 Å². The Balaban J connectivity index is 1.86. The number of sulfonamides is 1. The highest BCUT2D eigenvalue weighted by molar-refractivity contribution is 7.89. The van der Waals surface area contributed by atoms with E-state index in [1.165, 1.54) is 12.1 Å². The fourth-order valence-electron chi connectivity index (χ4n) is 2.16. The largest absolute Gasteiger partial charge is 0.351 e. The van der Waals surface area contributed by atoms with Gasteiger partial charge < -0.3 is 10.6 Å². The van der Waals surface area contributed by atoms with E-state index in [9.17, 15) is 13.2 Å². The van der Waals surface area contributed by atoms with Crippen molar-refractivity contribution in [3.05, 3.63) is 29.8 Å². The highest BCUT2D eigenvalue weighted by atomic mass is 32.2. The zero-order valence-corrected chi connectivity index (χ0v) is 12.5. The Morgan fingerprint density at radius 1 is 1.33 bits per heavy atom. The van der Waals surface area contributed by atoms with Gasteiger partial charge in [-0.3, -0.25) is 9.69 Å². The van der Waals surface area contributed by atoms with Gasteiger partial charge in [0.15, 0.2) is 0 Å². The molecule has 1 heterocycles. The van der Waals surface area contributed by atoms with Crippen LogP contribution in [0, 0.1) is 0 Å². The van der Waals surface area contributed by atoms with Crippen molar-refractivity contribution in [1.29, 1.82) is 0 Å². The molecule has 21 heavy (non-hydrogen) atoms. The number of nitrogens with two attached hydrogens (primary N) is 1. The maximum Gasteiger partial charge on any atom is 0.238 e. The summed E-state index contributed by atoms with van der Waals surface area (Å²) < 4.78 is 22.5. The molecule has 0 atom stereocenters. The Hall–Kier alpha value is -1.48. The third-order valence-corrected chi connectivity index (χ3v) is 4.20. The Morgan fingerprint density at radius 2 is 2.05 bits per heavy atom. The molecule has 1 aromatic rings. The zero-order valence-electron chi connectivity index (χ0n) is 11.7. The molecule has 0 saturated carbocycles. The van der Waals surface area contributed by atoms with E-state index in [1.54, 1.807) is 12.1 Å². The summed E-state index contributed by atoms with van der Waals surface area (Å²) >= 11 is 0. The summed E-state index contributed by atoms with van der Waals surface area (Å²) in [5.41, 5.74) is 0.704. The monoisotopic (exact) mass is 312 g/mol. The van der Waals surface area contributed by atoms with Crippen LogP contribution < -0.4 is 15.8 Å².